The number of nitro benzene ring substituents is 1. The number of nitro groups is 1. The van der Waals surface area contributed by atoms with Gasteiger partial charge in [0.05, 0.1) is 12.0 Å². The van der Waals surface area contributed by atoms with Gasteiger partial charge < -0.3 is 9.47 Å². The van der Waals surface area contributed by atoms with E-state index in [1.807, 2.05) is 0 Å². The molecule has 0 atom stereocenters. The van der Waals surface area contributed by atoms with Crippen LogP contribution in [0.4, 0.5) is 5.69 Å². The van der Waals surface area contributed by atoms with E-state index in [2.05, 4.69) is 14.7 Å². The van der Waals surface area contributed by atoms with Gasteiger partial charge in [0.15, 0.2) is 0 Å². The summed E-state index contributed by atoms with van der Waals surface area (Å²) in [4.78, 5) is 29.8. The first-order valence-electron chi connectivity index (χ1n) is 5.96. The standard InChI is InChI=1S/C13H10ClN3O5/c1-7-15-11(14)6-12(16-7)22-8-3-4-10(17(19)20)9(5-8)13(18)21-2/h3-6H,1-2H3. The van der Waals surface area contributed by atoms with E-state index in [0.29, 0.717) is 5.82 Å². The highest BCUT2D eigenvalue weighted by atomic mass is 35.5. The first kappa shape index (κ1) is 15.6. The molecule has 0 fully saturated rings. The third-order valence-electron chi connectivity index (χ3n) is 2.58. The summed E-state index contributed by atoms with van der Waals surface area (Å²) in [7, 11) is 1.13. The summed E-state index contributed by atoms with van der Waals surface area (Å²) in [6.07, 6.45) is 0. The number of aryl methyl sites for hydroxylation is 1. The lowest BCUT2D eigenvalue weighted by molar-refractivity contribution is -0.385. The molecule has 0 saturated carbocycles. The summed E-state index contributed by atoms with van der Waals surface area (Å²) in [6, 6.07) is 5.08. The first-order chi connectivity index (χ1) is 10.4. The van der Waals surface area contributed by atoms with Crippen molar-refractivity contribution >= 4 is 23.3 Å². The van der Waals surface area contributed by atoms with Gasteiger partial charge in [-0.2, -0.15) is 4.98 Å². The first-order valence-corrected chi connectivity index (χ1v) is 6.34. The Morgan fingerprint density at radius 3 is 2.64 bits per heavy atom. The lowest BCUT2D eigenvalue weighted by Crippen LogP contribution is -2.06. The van der Waals surface area contributed by atoms with Crippen molar-refractivity contribution in [1.82, 2.24) is 9.97 Å². The van der Waals surface area contributed by atoms with Crippen LogP contribution in [0.5, 0.6) is 11.6 Å². The zero-order valence-electron chi connectivity index (χ0n) is 11.6. The number of aromatic nitrogens is 2. The summed E-state index contributed by atoms with van der Waals surface area (Å²) < 4.78 is 9.97. The number of halogens is 1. The van der Waals surface area contributed by atoms with E-state index < -0.39 is 10.9 Å². The van der Waals surface area contributed by atoms with Gasteiger partial charge in [-0.15, -0.1) is 0 Å². The molecule has 0 unspecified atom stereocenters. The molecule has 0 aliphatic carbocycles. The van der Waals surface area contributed by atoms with Crippen molar-refractivity contribution in [3.05, 3.63) is 50.9 Å². The van der Waals surface area contributed by atoms with E-state index in [-0.39, 0.29) is 28.0 Å². The monoisotopic (exact) mass is 323 g/mol. The third kappa shape index (κ3) is 3.47. The van der Waals surface area contributed by atoms with Crippen LogP contribution in [0.25, 0.3) is 0 Å². The minimum absolute atomic E-state index is 0.155. The van der Waals surface area contributed by atoms with Crippen molar-refractivity contribution < 1.29 is 19.2 Å². The highest BCUT2D eigenvalue weighted by Gasteiger charge is 2.22. The molecule has 0 radical (unpaired) electrons. The van der Waals surface area contributed by atoms with Gasteiger partial charge in [0, 0.05) is 18.2 Å². The molecule has 8 nitrogen and oxygen atoms in total. The Morgan fingerprint density at radius 1 is 1.32 bits per heavy atom. The van der Waals surface area contributed by atoms with E-state index in [9.17, 15) is 14.9 Å². The molecule has 0 saturated heterocycles. The largest absolute Gasteiger partial charge is 0.465 e. The molecule has 2 aromatic rings. The van der Waals surface area contributed by atoms with E-state index in [0.717, 1.165) is 13.2 Å². The molecule has 0 bridgehead atoms. The molecule has 0 aliphatic heterocycles. The van der Waals surface area contributed by atoms with Crippen LogP contribution in [0.3, 0.4) is 0 Å². The Morgan fingerprint density at radius 2 is 2.05 bits per heavy atom. The van der Waals surface area contributed by atoms with Gasteiger partial charge in [-0.05, 0) is 13.0 Å². The second kappa shape index (κ2) is 6.35. The molecule has 0 spiro atoms. The summed E-state index contributed by atoms with van der Waals surface area (Å²) in [5.74, 6) is -0.103. The van der Waals surface area contributed by atoms with E-state index in [1.54, 1.807) is 6.92 Å². The molecule has 2 rings (SSSR count). The summed E-state index contributed by atoms with van der Waals surface area (Å²) in [5.41, 5.74) is -0.599. The van der Waals surface area contributed by atoms with Crippen LogP contribution in [-0.2, 0) is 4.74 Å². The van der Waals surface area contributed by atoms with Gasteiger partial charge in [-0.25, -0.2) is 9.78 Å². The zero-order chi connectivity index (χ0) is 16.3. The summed E-state index contributed by atoms with van der Waals surface area (Å²) >= 11 is 5.79. The number of carbonyl (C=O) groups is 1. The van der Waals surface area contributed by atoms with Crippen LogP contribution in [0.1, 0.15) is 16.2 Å². The molecule has 0 N–H and O–H groups in total. The van der Waals surface area contributed by atoms with Crippen LogP contribution >= 0.6 is 11.6 Å². The SMILES string of the molecule is COC(=O)c1cc(Oc2cc(Cl)nc(C)n2)ccc1[N+](=O)[O-]. The van der Waals surface area contributed by atoms with Crippen molar-refractivity contribution in [1.29, 1.82) is 0 Å². The highest BCUT2D eigenvalue weighted by Crippen LogP contribution is 2.28. The molecule has 9 heteroatoms. The number of rotatable bonds is 4. The molecular weight excluding hydrogens is 314 g/mol. The van der Waals surface area contributed by atoms with Crippen LogP contribution in [0, 0.1) is 17.0 Å². The Balaban J connectivity index is 2.40. The fraction of sp³-hybridized carbons (Fsp3) is 0.154. The third-order valence-corrected chi connectivity index (χ3v) is 2.77. The van der Waals surface area contributed by atoms with Gasteiger partial charge in [0.2, 0.25) is 5.88 Å². The molecule has 22 heavy (non-hydrogen) atoms. The van der Waals surface area contributed by atoms with Gasteiger partial charge in [-0.1, -0.05) is 11.6 Å². The lowest BCUT2D eigenvalue weighted by Gasteiger charge is -2.07. The smallest absolute Gasteiger partial charge is 0.345 e. The molecule has 0 amide bonds. The molecule has 1 aromatic heterocycles. The van der Waals surface area contributed by atoms with Crippen LogP contribution in [-0.4, -0.2) is 28.0 Å². The Labute approximate surface area is 129 Å². The van der Waals surface area contributed by atoms with Crippen molar-refractivity contribution in [2.75, 3.05) is 7.11 Å². The fourth-order valence-corrected chi connectivity index (χ4v) is 1.91. The zero-order valence-corrected chi connectivity index (χ0v) is 12.3. The van der Waals surface area contributed by atoms with Crippen molar-refractivity contribution in [3.63, 3.8) is 0 Å². The number of carbonyl (C=O) groups excluding carboxylic acids is 1. The van der Waals surface area contributed by atoms with E-state index >= 15 is 0 Å². The predicted octanol–water partition coefficient (Wildman–Crippen LogP) is 2.93. The van der Waals surface area contributed by atoms with Crippen LogP contribution < -0.4 is 4.74 Å². The maximum Gasteiger partial charge on any atom is 0.345 e. The number of esters is 1. The Kier molecular flexibility index (Phi) is 4.52. The molecule has 1 aromatic carbocycles. The second-order valence-electron chi connectivity index (χ2n) is 4.11. The maximum atomic E-state index is 11.6. The van der Waals surface area contributed by atoms with E-state index in [4.69, 9.17) is 16.3 Å². The molecule has 1 heterocycles. The normalized spacial score (nSPS) is 10.1. The second-order valence-corrected chi connectivity index (χ2v) is 4.49. The quantitative estimate of drug-likeness (QED) is 0.368. The van der Waals surface area contributed by atoms with Crippen LogP contribution in [0.15, 0.2) is 24.3 Å². The maximum absolute atomic E-state index is 11.6. The number of nitrogens with zero attached hydrogens (tertiary/aromatic N) is 3. The topological polar surface area (TPSA) is 104 Å². The lowest BCUT2D eigenvalue weighted by atomic mass is 10.1. The highest BCUT2D eigenvalue weighted by molar-refractivity contribution is 6.29. The van der Waals surface area contributed by atoms with Gasteiger partial charge in [0.1, 0.15) is 22.3 Å². The average molecular weight is 324 g/mol. The number of ether oxygens (including phenoxy) is 2. The molecular formula is C13H10ClN3O5. The number of hydrogen-bond acceptors (Lipinski definition) is 7. The number of benzene rings is 1. The summed E-state index contributed by atoms with van der Waals surface area (Å²) in [6.45, 7) is 1.63. The van der Waals surface area contributed by atoms with Gasteiger partial charge >= 0.3 is 5.97 Å². The minimum Gasteiger partial charge on any atom is -0.465 e. The number of methoxy groups -OCH3 is 1. The van der Waals surface area contributed by atoms with Crippen molar-refractivity contribution in [2.24, 2.45) is 0 Å². The van der Waals surface area contributed by atoms with Crippen LogP contribution in [0.2, 0.25) is 5.15 Å². The van der Waals surface area contributed by atoms with Crippen molar-refractivity contribution in [3.8, 4) is 11.6 Å². The molecule has 114 valence electrons. The average Bonchev–Trinajstić information content (AvgIpc) is 2.45. The van der Waals surface area contributed by atoms with E-state index in [1.165, 1.54) is 18.2 Å². The van der Waals surface area contributed by atoms with Crippen molar-refractivity contribution in [2.45, 2.75) is 6.92 Å². The summed E-state index contributed by atoms with van der Waals surface area (Å²) in [5, 5.41) is 11.1. The Bertz CT molecular complexity index is 730. The predicted molar refractivity (Wildman–Crippen MR) is 76.3 cm³/mol. The van der Waals surface area contributed by atoms with Gasteiger partial charge in [0.25, 0.3) is 5.69 Å². The number of hydrogen-bond donors (Lipinski definition) is 0. The Hall–Kier alpha value is -2.74. The fourth-order valence-electron chi connectivity index (χ4n) is 1.69. The van der Waals surface area contributed by atoms with Gasteiger partial charge in [-0.3, -0.25) is 10.1 Å². The minimum atomic E-state index is -0.839. The molecule has 0 aliphatic rings.